The molecule has 2 N–H and O–H groups in total. The summed E-state index contributed by atoms with van der Waals surface area (Å²) in [5.74, 6) is -0.270. The lowest BCUT2D eigenvalue weighted by molar-refractivity contribution is -0.137. The first-order valence-electron chi connectivity index (χ1n) is 10.0. The van der Waals surface area contributed by atoms with Crippen molar-refractivity contribution in [2.45, 2.75) is 32.1 Å². The van der Waals surface area contributed by atoms with Crippen LogP contribution in [0.4, 0.5) is 4.79 Å². The lowest BCUT2D eigenvalue weighted by atomic mass is 10.0. The Kier molecular flexibility index (Phi) is 8.05. The fraction of sp³-hybridized carbons (Fsp3) is 0.200. The summed E-state index contributed by atoms with van der Waals surface area (Å²) in [6.07, 6.45) is -0.476. The number of nitrogens with one attached hydrogen (secondary N) is 1. The number of aliphatic carboxylic acids is 1. The lowest BCUT2D eigenvalue weighted by Gasteiger charge is -2.17. The van der Waals surface area contributed by atoms with Gasteiger partial charge in [-0.3, -0.25) is 4.79 Å². The zero-order chi connectivity index (χ0) is 21.9. The van der Waals surface area contributed by atoms with Crippen molar-refractivity contribution in [1.82, 2.24) is 5.32 Å². The van der Waals surface area contributed by atoms with Crippen LogP contribution >= 0.6 is 0 Å². The van der Waals surface area contributed by atoms with Gasteiger partial charge in [-0.2, -0.15) is 0 Å². The predicted molar refractivity (Wildman–Crippen MR) is 117 cm³/mol. The molecule has 0 bridgehead atoms. The van der Waals surface area contributed by atoms with Gasteiger partial charge >= 0.3 is 12.1 Å². The van der Waals surface area contributed by atoms with Crippen molar-refractivity contribution in [3.05, 3.63) is 102 Å². The summed E-state index contributed by atoms with van der Waals surface area (Å²) in [6.45, 7) is 0.594. The minimum absolute atomic E-state index is 0.125. The number of carbonyl (C=O) groups excluding carboxylic acids is 1. The summed E-state index contributed by atoms with van der Waals surface area (Å²) in [4.78, 5) is 23.3. The number of ether oxygens (including phenoxy) is 2. The maximum Gasteiger partial charge on any atom is 0.407 e. The van der Waals surface area contributed by atoms with Crippen molar-refractivity contribution in [2.24, 2.45) is 0 Å². The number of rotatable bonds is 10. The predicted octanol–water partition coefficient (Wildman–Crippen LogP) is 4.58. The van der Waals surface area contributed by atoms with Crippen LogP contribution in [0.5, 0.6) is 5.75 Å². The van der Waals surface area contributed by atoms with Crippen molar-refractivity contribution in [3.8, 4) is 5.75 Å². The van der Waals surface area contributed by atoms with Crippen molar-refractivity contribution >= 4 is 12.1 Å². The number of amides is 1. The second-order valence-corrected chi connectivity index (χ2v) is 7.12. The van der Waals surface area contributed by atoms with E-state index < -0.39 is 18.1 Å². The van der Waals surface area contributed by atoms with E-state index in [1.54, 1.807) is 0 Å². The highest BCUT2D eigenvalue weighted by molar-refractivity contribution is 5.71. The van der Waals surface area contributed by atoms with Crippen LogP contribution in [-0.4, -0.2) is 23.2 Å². The minimum Gasteiger partial charge on any atom is -0.489 e. The van der Waals surface area contributed by atoms with Crippen molar-refractivity contribution in [2.75, 3.05) is 0 Å². The van der Waals surface area contributed by atoms with Gasteiger partial charge in [-0.05, 0) is 35.2 Å². The quantitative estimate of drug-likeness (QED) is 0.503. The molecular weight excluding hydrogens is 394 g/mol. The van der Waals surface area contributed by atoms with Gasteiger partial charge in [-0.25, -0.2) is 4.79 Å². The second-order valence-electron chi connectivity index (χ2n) is 7.12. The number of alkyl carbamates (subject to hydrolysis) is 1. The standard InChI is InChI=1S/C25H25NO5/c27-24(28)16-22(26-25(29)31-18-21-9-5-2-6-10-21)15-19-11-13-23(14-12-19)30-17-20-7-3-1-4-8-20/h1-14,22H,15-18H2,(H,26,29)(H,27,28)/t22-/m1/s1. The Morgan fingerprint density at radius 1 is 0.774 bits per heavy atom. The molecule has 0 aliphatic heterocycles. The summed E-state index contributed by atoms with van der Waals surface area (Å²) >= 11 is 0. The van der Waals surface area contributed by atoms with Gasteiger partial charge in [0, 0.05) is 6.04 Å². The molecule has 3 aromatic carbocycles. The molecule has 0 spiro atoms. The highest BCUT2D eigenvalue weighted by Gasteiger charge is 2.17. The van der Waals surface area contributed by atoms with Gasteiger partial charge in [0.05, 0.1) is 6.42 Å². The van der Waals surface area contributed by atoms with E-state index in [9.17, 15) is 14.7 Å². The van der Waals surface area contributed by atoms with Crippen LogP contribution in [0.25, 0.3) is 0 Å². The second kappa shape index (κ2) is 11.4. The SMILES string of the molecule is O=C(O)C[C@@H](Cc1ccc(OCc2ccccc2)cc1)NC(=O)OCc1ccccc1. The fourth-order valence-electron chi connectivity index (χ4n) is 3.06. The van der Waals surface area contributed by atoms with Crippen LogP contribution in [0.15, 0.2) is 84.9 Å². The third kappa shape index (κ3) is 7.85. The van der Waals surface area contributed by atoms with Crippen LogP contribution in [-0.2, 0) is 29.2 Å². The Labute approximate surface area is 181 Å². The number of carboxylic acid groups (broad SMARTS) is 1. The average molecular weight is 419 g/mol. The Bertz CT molecular complexity index is 958. The number of hydrogen-bond donors (Lipinski definition) is 2. The average Bonchev–Trinajstić information content (AvgIpc) is 2.78. The first-order valence-corrected chi connectivity index (χ1v) is 10.0. The Balaban J connectivity index is 1.52. The molecule has 6 nitrogen and oxygen atoms in total. The molecule has 3 rings (SSSR count). The smallest absolute Gasteiger partial charge is 0.407 e. The van der Waals surface area contributed by atoms with Gasteiger partial charge < -0.3 is 19.9 Å². The van der Waals surface area contributed by atoms with E-state index in [1.807, 2.05) is 84.9 Å². The molecule has 0 fully saturated rings. The van der Waals surface area contributed by atoms with Crippen LogP contribution in [0.2, 0.25) is 0 Å². The number of hydrogen-bond acceptors (Lipinski definition) is 4. The number of carboxylic acids is 1. The van der Waals surface area contributed by atoms with E-state index in [0.717, 1.165) is 22.4 Å². The first-order chi connectivity index (χ1) is 15.1. The van der Waals surface area contributed by atoms with Gasteiger partial charge in [-0.15, -0.1) is 0 Å². The highest BCUT2D eigenvalue weighted by atomic mass is 16.5. The molecule has 1 atom stereocenters. The minimum atomic E-state index is -0.990. The zero-order valence-corrected chi connectivity index (χ0v) is 17.1. The Morgan fingerprint density at radius 3 is 1.94 bits per heavy atom. The molecule has 6 heteroatoms. The van der Waals surface area contributed by atoms with Crippen molar-refractivity contribution < 1.29 is 24.2 Å². The topological polar surface area (TPSA) is 84.9 Å². The molecule has 0 saturated heterocycles. The molecule has 0 aliphatic rings. The molecule has 1 amide bonds. The van der Waals surface area contributed by atoms with E-state index in [2.05, 4.69) is 5.32 Å². The van der Waals surface area contributed by atoms with Gasteiger partial charge in [0.1, 0.15) is 19.0 Å². The van der Waals surface area contributed by atoms with Crippen LogP contribution in [0, 0.1) is 0 Å². The molecular formula is C25H25NO5. The molecule has 160 valence electrons. The largest absolute Gasteiger partial charge is 0.489 e. The van der Waals surface area contributed by atoms with Gasteiger partial charge in [-0.1, -0.05) is 72.8 Å². The molecule has 0 aromatic heterocycles. The lowest BCUT2D eigenvalue weighted by Crippen LogP contribution is -2.38. The molecule has 0 heterocycles. The molecule has 0 saturated carbocycles. The van der Waals surface area contributed by atoms with Crippen LogP contribution < -0.4 is 10.1 Å². The number of carbonyl (C=O) groups is 2. The number of benzene rings is 3. The summed E-state index contributed by atoms with van der Waals surface area (Å²) in [5.41, 5.74) is 2.83. The summed E-state index contributed by atoms with van der Waals surface area (Å²) in [6, 6.07) is 26.0. The van der Waals surface area contributed by atoms with E-state index in [-0.39, 0.29) is 13.0 Å². The van der Waals surface area contributed by atoms with E-state index in [0.29, 0.717) is 13.0 Å². The summed E-state index contributed by atoms with van der Waals surface area (Å²) in [7, 11) is 0. The van der Waals surface area contributed by atoms with Crippen molar-refractivity contribution in [3.63, 3.8) is 0 Å². The monoisotopic (exact) mass is 419 g/mol. The fourth-order valence-corrected chi connectivity index (χ4v) is 3.06. The molecule has 3 aromatic rings. The summed E-state index contributed by atoms with van der Waals surface area (Å²) in [5, 5.41) is 11.8. The highest BCUT2D eigenvalue weighted by Crippen LogP contribution is 2.16. The van der Waals surface area contributed by atoms with E-state index in [4.69, 9.17) is 9.47 Å². The molecule has 0 unspecified atom stereocenters. The van der Waals surface area contributed by atoms with Gasteiger partial charge in [0.25, 0.3) is 0 Å². The van der Waals surface area contributed by atoms with Gasteiger partial charge in [0.2, 0.25) is 0 Å². The Morgan fingerprint density at radius 2 is 1.35 bits per heavy atom. The molecule has 31 heavy (non-hydrogen) atoms. The third-order valence-corrected chi connectivity index (χ3v) is 4.61. The zero-order valence-electron chi connectivity index (χ0n) is 17.1. The third-order valence-electron chi connectivity index (χ3n) is 4.61. The van der Waals surface area contributed by atoms with Crippen LogP contribution in [0.3, 0.4) is 0 Å². The molecule has 0 aliphatic carbocycles. The van der Waals surface area contributed by atoms with Gasteiger partial charge in [0.15, 0.2) is 0 Å². The summed E-state index contributed by atoms with van der Waals surface area (Å²) < 4.78 is 11.0. The first kappa shape index (κ1) is 21.9. The maximum absolute atomic E-state index is 12.1. The van der Waals surface area contributed by atoms with Crippen molar-refractivity contribution in [1.29, 1.82) is 0 Å². The normalized spacial score (nSPS) is 11.4. The maximum atomic E-state index is 12.1. The van der Waals surface area contributed by atoms with E-state index in [1.165, 1.54) is 0 Å². The van der Waals surface area contributed by atoms with E-state index >= 15 is 0 Å². The molecule has 0 radical (unpaired) electrons. The Hall–Kier alpha value is -3.80. The van der Waals surface area contributed by atoms with Crippen LogP contribution in [0.1, 0.15) is 23.1 Å².